The van der Waals surface area contributed by atoms with Gasteiger partial charge in [0.2, 0.25) is 0 Å². The van der Waals surface area contributed by atoms with Crippen LogP contribution >= 0.6 is 0 Å². The minimum atomic E-state index is -3.62. The van der Waals surface area contributed by atoms with Gasteiger partial charge in [0, 0.05) is 12.6 Å². The average Bonchev–Trinajstić information content (AvgIpc) is 1.84. The topological polar surface area (TPSA) is 92.4 Å². The van der Waals surface area contributed by atoms with Gasteiger partial charge in [-0.2, -0.15) is 13.1 Å². The third-order valence-electron chi connectivity index (χ3n) is 1.30. The molecule has 0 aliphatic carbocycles. The maximum atomic E-state index is 10.5. The molecule has 1 unspecified atom stereocenters. The van der Waals surface area contributed by atoms with E-state index in [1.54, 1.807) is 0 Å². The summed E-state index contributed by atoms with van der Waals surface area (Å²) in [5.74, 6) is 0. The number of aliphatic hydroxyl groups excluding tert-OH is 1. The van der Waals surface area contributed by atoms with Crippen LogP contribution in [0.2, 0.25) is 0 Å². The van der Waals surface area contributed by atoms with Gasteiger partial charge in [-0.15, -0.1) is 0 Å². The van der Waals surface area contributed by atoms with Crippen LogP contribution in [0, 0.1) is 0 Å². The van der Waals surface area contributed by atoms with Crippen molar-refractivity contribution in [3.63, 3.8) is 0 Å². The maximum Gasteiger partial charge on any atom is 0.274 e. The molecule has 0 saturated carbocycles. The lowest BCUT2D eigenvalue weighted by Gasteiger charge is -2.12. The van der Waals surface area contributed by atoms with Crippen molar-refractivity contribution in [2.24, 2.45) is 5.14 Å². The summed E-state index contributed by atoms with van der Waals surface area (Å²) in [4.78, 5) is 0. The first kappa shape index (κ1) is 10.8. The molecule has 0 bridgehead atoms. The number of nitrogens with one attached hydrogen (secondary N) is 1. The summed E-state index contributed by atoms with van der Waals surface area (Å²) in [6.07, 6.45) is 1.02. The van der Waals surface area contributed by atoms with Crippen LogP contribution in [0.4, 0.5) is 0 Å². The van der Waals surface area contributed by atoms with Crippen molar-refractivity contribution in [2.45, 2.75) is 25.8 Å². The lowest BCUT2D eigenvalue weighted by Crippen LogP contribution is -2.39. The van der Waals surface area contributed by atoms with Crippen molar-refractivity contribution in [1.29, 1.82) is 0 Å². The average molecular weight is 182 g/mol. The van der Waals surface area contributed by atoms with Gasteiger partial charge in [-0.05, 0) is 12.8 Å². The van der Waals surface area contributed by atoms with Crippen LogP contribution in [0.5, 0.6) is 0 Å². The minimum Gasteiger partial charge on any atom is -0.396 e. The first-order chi connectivity index (χ1) is 4.99. The summed E-state index contributed by atoms with van der Waals surface area (Å²) >= 11 is 0. The van der Waals surface area contributed by atoms with E-state index in [0.717, 1.165) is 0 Å². The van der Waals surface area contributed by atoms with Crippen LogP contribution in [0.15, 0.2) is 0 Å². The van der Waals surface area contributed by atoms with E-state index >= 15 is 0 Å². The van der Waals surface area contributed by atoms with Gasteiger partial charge in [0.05, 0.1) is 0 Å². The molecule has 5 nitrogen and oxygen atoms in total. The molecular formula is C5H14N2O3S. The van der Waals surface area contributed by atoms with Crippen molar-refractivity contribution in [1.82, 2.24) is 4.72 Å². The molecule has 0 heterocycles. The molecule has 1 atom stereocenters. The molecule has 0 fully saturated rings. The molecule has 0 aromatic heterocycles. The van der Waals surface area contributed by atoms with E-state index < -0.39 is 10.2 Å². The molecule has 0 aromatic rings. The molecule has 4 N–H and O–H groups in total. The summed E-state index contributed by atoms with van der Waals surface area (Å²) in [5, 5.41) is 13.2. The Kier molecular flexibility index (Phi) is 4.58. The number of hydrogen-bond acceptors (Lipinski definition) is 3. The summed E-state index contributed by atoms with van der Waals surface area (Å²) in [6, 6.07) is -0.255. The lowest BCUT2D eigenvalue weighted by atomic mass is 10.2. The van der Waals surface area contributed by atoms with Gasteiger partial charge in [0.15, 0.2) is 0 Å². The van der Waals surface area contributed by atoms with Crippen molar-refractivity contribution >= 4 is 10.2 Å². The first-order valence-corrected chi connectivity index (χ1v) is 4.95. The predicted octanol–water partition coefficient (Wildman–Crippen LogP) is -1.06. The van der Waals surface area contributed by atoms with Gasteiger partial charge >= 0.3 is 0 Å². The maximum absolute atomic E-state index is 10.5. The van der Waals surface area contributed by atoms with Gasteiger partial charge in [-0.3, -0.25) is 0 Å². The molecule has 0 amide bonds. The standard InChI is InChI=1S/C5H14N2O3S/c1-2-5(3-4-8)7-11(6,9)10/h5,7-8H,2-4H2,1H3,(H2,6,9,10). The van der Waals surface area contributed by atoms with E-state index in [1.165, 1.54) is 0 Å². The largest absolute Gasteiger partial charge is 0.396 e. The zero-order valence-electron chi connectivity index (χ0n) is 6.45. The van der Waals surface area contributed by atoms with Crippen molar-refractivity contribution < 1.29 is 13.5 Å². The molecule has 0 radical (unpaired) electrons. The van der Waals surface area contributed by atoms with E-state index in [9.17, 15) is 8.42 Å². The fourth-order valence-corrected chi connectivity index (χ4v) is 1.48. The second-order valence-corrected chi connectivity index (χ2v) is 3.61. The van der Waals surface area contributed by atoms with E-state index in [-0.39, 0.29) is 12.6 Å². The second kappa shape index (κ2) is 4.66. The fourth-order valence-electron chi connectivity index (χ4n) is 0.735. The van der Waals surface area contributed by atoms with Gasteiger partial charge in [-0.1, -0.05) is 6.92 Å². The molecule has 0 saturated heterocycles. The Hall–Kier alpha value is -0.170. The molecular weight excluding hydrogens is 168 g/mol. The zero-order chi connectivity index (χ0) is 8.91. The highest BCUT2D eigenvalue weighted by Gasteiger charge is 2.10. The molecule has 6 heteroatoms. The van der Waals surface area contributed by atoms with Gasteiger partial charge in [0.1, 0.15) is 0 Å². The summed E-state index contributed by atoms with van der Waals surface area (Å²) < 4.78 is 23.1. The molecule has 11 heavy (non-hydrogen) atoms. The number of nitrogens with two attached hydrogens (primary N) is 1. The van der Waals surface area contributed by atoms with Crippen LogP contribution in [-0.2, 0) is 10.2 Å². The zero-order valence-corrected chi connectivity index (χ0v) is 7.26. The van der Waals surface area contributed by atoms with Crippen LogP contribution in [0.25, 0.3) is 0 Å². The monoisotopic (exact) mass is 182 g/mol. The quantitative estimate of drug-likeness (QED) is 0.506. The van der Waals surface area contributed by atoms with Gasteiger partial charge in [0.25, 0.3) is 10.2 Å². The van der Waals surface area contributed by atoms with Crippen molar-refractivity contribution in [3.8, 4) is 0 Å². The van der Waals surface area contributed by atoms with Crippen LogP contribution in [-0.4, -0.2) is 26.2 Å². The van der Waals surface area contributed by atoms with Crippen LogP contribution in [0.3, 0.4) is 0 Å². The second-order valence-electron chi connectivity index (χ2n) is 2.28. The normalized spacial score (nSPS) is 14.8. The fraction of sp³-hybridized carbons (Fsp3) is 1.00. The van der Waals surface area contributed by atoms with Gasteiger partial charge in [-0.25, -0.2) is 5.14 Å². The highest BCUT2D eigenvalue weighted by Crippen LogP contribution is 1.96. The van der Waals surface area contributed by atoms with E-state index in [2.05, 4.69) is 4.72 Å². The Morgan fingerprint density at radius 1 is 1.64 bits per heavy atom. The van der Waals surface area contributed by atoms with Crippen molar-refractivity contribution in [3.05, 3.63) is 0 Å². The number of hydrogen-bond donors (Lipinski definition) is 3. The van der Waals surface area contributed by atoms with Crippen LogP contribution < -0.4 is 9.86 Å². The molecule has 68 valence electrons. The summed E-state index contributed by atoms with van der Waals surface area (Å²) in [5.41, 5.74) is 0. The van der Waals surface area contributed by atoms with E-state index in [4.69, 9.17) is 10.2 Å². The molecule has 0 aromatic carbocycles. The third-order valence-corrected chi connectivity index (χ3v) is 1.96. The summed E-state index contributed by atoms with van der Waals surface area (Å²) in [7, 11) is -3.62. The Bertz CT molecular complexity index is 190. The number of aliphatic hydroxyl groups is 1. The Morgan fingerprint density at radius 3 is 2.45 bits per heavy atom. The van der Waals surface area contributed by atoms with E-state index in [0.29, 0.717) is 12.8 Å². The highest BCUT2D eigenvalue weighted by atomic mass is 32.2. The number of rotatable bonds is 5. The lowest BCUT2D eigenvalue weighted by molar-refractivity contribution is 0.270. The Balaban J connectivity index is 3.88. The van der Waals surface area contributed by atoms with Crippen LogP contribution in [0.1, 0.15) is 19.8 Å². The first-order valence-electron chi connectivity index (χ1n) is 3.40. The smallest absolute Gasteiger partial charge is 0.274 e. The third kappa shape index (κ3) is 6.24. The molecule has 0 rings (SSSR count). The highest BCUT2D eigenvalue weighted by molar-refractivity contribution is 7.87. The van der Waals surface area contributed by atoms with Gasteiger partial charge < -0.3 is 5.11 Å². The SMILES string of the molecule is CCC(CCO)NS(N)(=O)=O. The van der Waals surface area contributed by atoms with E-state index in [1.807, 2.05) is 6.92 Å². The Morgan fingerprint density at radius 2 is 2.18 bits per heavy atom. The minimum absolute atomic E-state index is 0.0406. The predicted molar refractivity (Wildman–Crippen MR) is 42.0 cm³/mol. The molecule has 0 spiro atoms. The molecule has 0 aliphatic heterocycles. The molecule has 0 aliphatic rings. The summed E-state index contributed by atoms with van der Waals surface area (Å²) in [6.45, 7) is 1.78. The Labute approximate surface area is 66.8 Å². The van der Waals surface area contributed by atoms with Crippen molar-refractivity contribution in [2.75, 3.05) is 6.61 Å².